The Morgan fingerprint density at radius 3 is 2.28 bits per heavy atom. The number of rotatable bonds is 2. The zero-order valence-electron chi connectivity index (χ0n) is 9.75. The van der Waals surface area contributed by atoms with E-state index in [1.165, 1.54) is 12.1 Å². The number of hydrogen-bond acceptors (Lipinski definition) is 1. The van der Waals surface area contributed by atoms with Crippen LogP contribution in [0.2, 0.25) is 0 Å². The molecule has 2 N–H and O–H groups in total. The Balaban J connectivity index is 2.54. The van der Waals surface area contributed by atoms with E-state index in [2.05, 4.69) is 15.9 Å². The minimum atomic E-state index is -1.01. The standard InChI is InChI=1S/C14H12BrF2N/c1-14(18,9-5-7-10(16)8-6-9)11-3-2-4-12(15)13(11)17/h2-8H,18H2,1H3. The molecule has 0 aliphatic heterocycles. The molecule has 0 fully saturated rings. The predicted octanol–water partition coefficient (Wildman–Crippen LogP) is 3.95. The summed E-state index contributed by atoms with van der Waals surface area (Å²) in [4.78, 5) is 0. The first kappa shape index (κ1) is 13.2. The van der Waals surface area contributed by atoms with Crippen molar-refractivity contribution in [1.29, 1.82) is 0 Å². The van der Waals surface area contributed by atoms with Crippen molar-refractivity contribution in [2.24, 2.45) is 5.73 Å². The molecule has 0 radical (unpaired) electrons. The zero-order valence-corrected chi connectivity index (χ0v) is 11.3. The van der Waals surface area contributed by atoms with Crippen LogP contribution < -0.4 is 5.73 Å². The lowest BCUT2D eigenvalue weighted by Crippen LogP contribution is -2.35. The van der Waals surface area contributed by atoms with Crippen molar-refractivity contribution >= 4 is 15.9 Å². The van der Waals surface area contributed by atoms with Gasteiger partial charge in [-0.2, -0.15) is 0 Å². The largest absolute Gasteiger partial charge is 0.318 e. The molecule has 0 amide bonds. The van der Waals surface area contributed by atoms with Crippen LogP contribution in [-0.4, -0.2) is 0 Å². The van der Waals surface area contributed by atoms with Crippen LogP contribution in [0.4, 0.5) is 8.78 Å². The molecule has 0 heterocycles. The highest BCUT2D eigenvalue weighted by molar-refractivity contribution is 9.10. The van der Waals surface area contributed by atoms with Crippen LogP contribution >= 0.6 is 15.9 Å². The number of nitrogens with two attached hydrogens (primary N) is 1. The van der Waals surface area contributed by atoms with Gasteiger partial charge in [0.25, 0.3) is 0 Å². The zero-order chi connectivity index (χ0) is 13.3. The third-order valence-corrected chi connectivity index (χ3v) is 3.57. The van der Waals surface area contributed by atoms with Crippen molar-refractivity contribution in [2.75, 3.05) is 0 Å². The Bertz CT molecular complexity index is 565. The van der Waals surface area contributed by atoms with Gasteiger partial charge < -0.3 is 5.73 Å². The SMILES string of the molecule is CC(N)(c1ccc(F)cc1)c1cccc(Br)c1F. The molecule has 0 bridgehead atoms. The van der Waals surface area contributed by atoms with Gasteiger partial charge >= 0.3 is 0 Å². The van der Waals surface area contributed by atoms with Crippen LogP contribution in [0.15, 0.2) is 46.9 Å². The van der Waals surface area contributed by atoms with E-state index in [1.54, 1.807) is 37.3 Å². The van der Waals surface area contributed by atoms with Crippen LogP contribution in [0.1, 0.15) is 18.1 Å². The number of benzene rings is 2. The summed E-state index contributed by atoms with van der Waals surface area (Å²) in [6.45, 7) is 1.70. The minimum absolute atomic E-state index is 0.343. The Morgan fingerprint density at radius 2 is 1.67 bits per heavy atom. The summed E-state index contributed by atoms with van der Waals surface area (Å²) in [6, 6.07) is 10.7. The topological polar surface area (TPSA) is 26.0 Å². The molecule has 0 aliphatic rings. The maximum absolute atomic E-state index is 14.1. The van der Waals surface area contributed by atoms with Crippen molar-refractivity contribution in [1.82, 2.24) is 0 Å². The molecule has 94 valence electrons. The normalized spacial score (nSPS) is 14.3. The van der Waals surface area contributed by atoms with Gasteiger partial charge in [0.2, 0.25) is 0 Å². The molecule has 0 aliphatic carbocycles. The molecular formula is C14H12BrF2N. The maximum Gasteiger partial charge on any atom is 0.142 e. The molecule has 18 heavy (non-hydrogen) atoms. The van der Waals surface area contributed by atoms with Crippen molar-refractivity contribution in [2.45, 2.75) is 12.5 Å². The lowest BCUT2D eigenvalue weighted by molar-refractivity contribution is 0.526. The fourth-order valence-corrected chi connectivity index (χ4v) is 2.22. The average Bonchev–Trinajstić information content (AvgIpc) is 2.33. The van der Waals surface area contributed by atoms with E-state index >= 15 is 0 Å². The van der Waals surface area contributed by atoms with Gasteiger partial charge in [0.05, 0.1) is 10.0 Å². The molecule has 2 rings (SSSR count). The highest BCUT2D eigenvalue weighted by atomic mass is 79.9. The number of hydrogen-bond donors (Lipinski definition) is 1. The molecule has 0 saturated heterocycles. The first-order valence-electron chi connectivity index (χ1n) is 5.42. The van der Waals surface area contributed by atoms with Crippen LogP contribution in [0.3, 0.4) is 0 Å². The quantitative estimate of drug-likeness (QED) is 0.893. The summed E-state index contributed by atoms with van der Waals surface area (Å²) in [5.41, 5.74) is 6.20. The van der Waals surface area contributed by atoms with Crippen LogP contribution in [0.25, 0.3) is 0 Å². The van der Waals surface area contributed by atoms with E-state index in [9.17, 15) is 8.78 Å². The van der Waals surface area contributed by atoms with E-state index in [0.717, 1.165) is 0 Å². The number of halogens is 3. The van der Waals surface area contributed by atoms with Gasteiger partial charge in [0.1, 0.15) is 11.6 Å². The van der Waals surface area contributed by atoms with Crippen molar-refractivity contribution in [3.8, 4) is 0 Å². The van der Waals surface area contributed by atoms with Gasteiger partial charge in [0, 0.05) is 5.56 Å². The van der Waals surface area contributed by atoms with E-state index in [4.69, 9.17) is 5.73 Å². The van der Waals surface area contributed by atoms with Crippen LogP contribution in [0.5, 0.6) is 0 Å². The molecule has 0 aromatic heterocycles. The Kier molecular flexibility index (Phi) is 3.50. The molecule has 2 aromatic carbocycles. The molecule has 0 spiro atoms. The lowest BCUT2D eigenvalue weighted by Gasteiger charge is -2.26. The Hall–Kier alpha value is -1.26. The minimum Gasteiger partial charge on any atom is -0.318 e. The fraction of sp³-hybridized carbons (Fsp3) is 0.143. The van der Waals surface area contributed by atoms with E-state index in [-0.39, 0.29) is 5.82 Å². The van der Waals surface area contributed by atoms with Crippen molar-refractivity contribution in [3.05, 3.63) is 69.7 Å². The average molecular weight is 312 g/mol. The lowest BCUT2D eigenvalue weighted by atomic mass is 9.85. The van der Waals surface area contributed by atoms with Crippen molar-refractivity contribution < 1.29 is 8.78 Å². The first-order valence-corrected chi connectivity index (χ1v) is 6.21. The molecule has 0 saturated carbocycles. The van der Waals surface area contributed by atoms with E-state index in [1.807, 2.05) is 0 Å². The summed E-state index contributed by atoms with van der Waals surface area (Å²) in [6.07, 6.45) is 0. The van der Waals surface area contributed by atoms with Gasteiger partial charge in [-0.3, -0.25) is 0 Å². The third-order valence-electron chi connectivity index (χ3n) is 2.96. The summed E-state index contributed by atoms with van der Waals surface area (Å²) < 4.78 is 27.3. The summed E-state index contributed by atoms with van der Waals surface area (Å²) in [5, 5.41) is 0. The molecule has 4 heteroatoms. The fourth-order valence-electron chi connectivity index (χ4n) is 1.86. The smallest absolute Gasteiger partial charge is 0.142 e. The monoisotopic (exact) mass is 311 g/mol. The molecule has 1 nitrogen and oxygen atoms in total. The molecule has 2 aromatic rings. The van der Waals surface area contributed by atoms with Gasteiger partial charge in [-0.1, -0.05) is 24.3 Å². The van der Waals surface area contributed by atoms with Gasteiger partial charge in [-0.25, -0.2) is 8.78 Å². The van der Waals surface area contributed by atoms with Crippen LogP contribution in [-0.2, 0) is 5.54 Å². The highest BCUT2D eigenvalue weighted by Gasteiger charge is 2.27. The first-order chi connectivity index (χ1) is 8.43. The second kappa shape index (κ2) is 4.78. The second-order valence-corrected chi connectivity index (χ2v) is 5.16. The van der Waals surface area contributed by atoms with Gasteiger partial charge in [-0.15, -0.1) is 0 Å². The van der Waals surface area contributed by atoms with E-state index < -0.39 is 11.4 Å². The molecule has 1 unspecified atom stereocenters. The molecule has 1 atom stereocenters. The summed E-state index contributed by atoms with van der Waals surface area (Å²) in [7, 11) is 0. The van der Waals surface area contributed by atoms with E-state index in [0.29, 0.717) is 15.6 Å². The van der Waals surface area contributed by atoms with Crippen molar-refractivity contribution in [3.63, 3.8) is 0 Å². The predicted molar refractivity (Wildman–Crippen MR) is 71.1 cm³/mol. The second-order valence-electron chi connectivity index (χ2n) is 4.31. The van der Waals surface area contributed by atoms with Gasteiger partial charge in [0.15, 0.2) is 0 Å². The van der Waals surface area contributed by atoms with Gasteiger partial charge in [-0.05, 0) is 46.6 Å². The summed E-state index contributed by atoms with van der Waals surface area (Å²) in [5.74, 6) is -0.740. The molecular weight excluding hydrogens is 300 g/mol. The Morgan fingerprint density at radius 1 is 1.06 bits per heavy atom. The third kappa shape index (κ3) is 2.31. The highest BCUT2D eigenvalue weighted by Crippen LogP contribution is 2.31. The van der Waals surface area contributed by atoms with Crippen LogP contribution in [0, 0.1) is 11.6 Å². The maximum atomic E-state index is 14.1. The Labute approximate surface area is 113 Å². The summed E-state index contributed by atoms with van der Waals surface area (Å²) >= 11 is 3.13.